The summed E-state index contributed by atoms with van der Waals surface area (Å²) in [7, 11) is 1.53. The lowest BCUT2D eigenvalue weighted by Gasteiger charge is -2.08. The van der Waals surface area contributed by atoms with Gasteiger partial charge in [0.05, 0.1) is 12.7 Å². The highest BCUT2D eigenvalue weighted by molar-refractivity contribution is 6.32. The molecular weight excluding hydrogens is 178 g/mol. The average Bonchev–Trinajstić information content (AvgIpc) is 2.01. The predicted molar refractivity (Wildman–Crippen MR) is 46.4 cm³/mol. The van der Waals surface area contributed by atoms with Gasteiger partial charge in [0, 0.05) is 6.92 Å². The third kappa shape index (κ3) is 1.32. The molecular formula is C8H10ClNO2. The van der Waals surface area contributed by atoms with E-state index in [1.807, 2.05) is 0 Å². The van der Waals surface area contributed by atoms with Crippen LogP contribution in [0.2, 0.25) is 5.02 Å². The van der Waals surface area contributed by atoms with Crippen LogP contribution >= 0.6 is 11.6 Å². The molecule has 0 amide bonds. The fraction of sp³-hybridized carbons (Fsp3) is 0.375. The van der Waals surface area contributed by atoms with E-state index in [4.69, 9.17) is 16.3 Å². The first-order valence-electron chi connectivity index (χ1n) is 3.50. The number of halogens is 1. The summed E-state index contributed by atoms with van der Waals surface area (Å²) in [6, 6.07) is 0. The Bertz CT molecular complexity index is 312. The van der Waals surface area contributed by atoms with Gasteiger partial charge >= 0.3 is 0 Å². The Morgan fingerprint density at radius 2 is 2.08 bits per heavy atom. The number of hydrogen-bond acceptors (Lipinski definition) is 2. The van der Waals surface area contributed by atoms with Crippen LogP contribution in [0.4, 0.5) is 0 Å². The van der Waals surface area contributed by atoms with Crippen LogP contribution in [0.1, 0.15) is 11.3 Å². The topological polar surface area (TPSA) is 36.2 Å². The summed E-state index contributed by atoms with van der Waals surface area (Å²) in [4.78, 5) is 0. The third-order valence-corrected chi connectivity index (χ3v) is 2.17. The Labute approximate surface area is 76.1 Å². The van der Waals surface area contributed by atoms with Gasteiger partial charge in [-0.15, -0.1) is 0 Å². The Morgan fingerprint density at radius 3 is 2.58 bits per heavy atom. The van der Waals surface area contributed by atoms with E-state index < -0.39 is 0 Å². The van der Waals surface area contributed by atoms with Crippen LogP contribution < -0.4 is 9.47 Å². The van der Waals surface area contributed by atoms with Gasteiger partial charge < -0.3 is 9.94 Å². The molecule has 0 atom stereocenters. The lowest BCUT2D eigenvalue weighted by Crippen LogP contribution is -2.30. The van der Waals surface area contributed by atoms with Crippen molar-refractivity contribution in [3.63, 3.8) is 0 Å². The van der Waals surface area contributed by atoms with Gasteiger partial charge in [0.25, 0.3) is 0 Å². The Balaban J connectivity index is 3.40. The van der Waals surface area contributed by atoms with E-state index in [9.17, 15) is 5.21 Å². The minimum atomic E-state index is 0.382. The van der Waals surface area contributed by atoms with Gasteiger partial charge in [-0.1, -0.05) is 11.6 Å². The molecule has 0 spiro atoms. The molecule has 12 heavy (non-hydrogen) atoms. The van der Waals surface area contributed by atoms with E-state index in [0.29, 0.717) is 16.5 Å². The molecule has 1 aromatic heterocycles. The van der Waals surface area contributed by atoms with Gasteiger partial charge in [0.2, 0.25) is 5.69 Å². The zero-order chi connectivity index (χ0) is 9.30. The Morgan fingerprint density at radius 1 is 1.50 bits per heavy atom. The van der Waals surface area contributed by atoms with Gasteiger partial charge in [0.15, 0.2) is 17.0 Å². The first-order valence-corrected chi connectivity index (χ1v) is 3.88. The van der Waals surface area contributed by atoms with E-state index in [1.165, 1.54) is 13.3 Å². The van der Waals surface area contributed by atoms with E-state index in [-0.39, 0.29) is 0 Å². The van der Waals surface area contributed by atoms with Crippen LogP contribution in [0.25, 0.3) is 0 Å². The number of methoxy groups -OCH3 is 1. The number of rotatable bonds is 1. The molecule has 0 saturated heterocycles. The predicted octanol–water partition coefficient (Wildman–Crippen LogP) is 1.60. The van der Waals surface area contributed by atoms with Gasteiger partial charge in [-0.3, -0.25) is 0 Å². The lowest BCUT2D eigenvalue weighted by molar-refractivity contribution is -0.612. The van der Waals surface area contributed by atoms with E-state index >= 15 is 0 Å². The quantitative estimate of drug-likeness (QED) is 0.495. The summed E-state index contributed by atoms with van der Waals surface area (Å²) < 4.78 is 5.76. The molecule has 0 aromatic carbocycles. The van der Waals surface area contributed by atoms with Crippen molar-refractivity contribution in [3.05, 3.63) is 27.7 Å². The number of aromatic nitrogens is 1. The molecule has 0 unspecified atom stereocenters. The van der Waals surface area contributed by atoms with Crippen molar-refractivity contribution in [2.45, 2.75) is 13.8 Å². The van der Waals surface area contributed by atoms with Crippen molar-refractivity contribution in [1.82, 2.24) is 0 Å². The fourth-order valence-electron chi connectivity index (χ4n) is 1.02. The molecule has 1 rings (SSSR count). The smallest absolute Gasteiger partial charge is 0.212 e. The molecule has 66 valence electrons. The van der Waals surface area contributed by atoms with Crippen LogP contribution in [-0.2, 0) is 0 Å². The molecule has 0 fully saturated rings. The number of ether oxygens (including phenoxy) is 1. The van der Waals surface area contributed by atoms with Crippen molar-refractivity contribution in [3.8, 4) is 5.75 Å². The fourth-order valence-corrected chi connectivity index (χ4v) is 1.33. The number of aryl methyl sites for hydroxylation is 1. The van der Waals surface area contributed by atoms with Gasteiger partial charge in [-0.2, -0.15) is 4.73 Å². The van der Waals surface area contributed by atoms with Crippen LogP contribution in [0.15, 0.2) is 6.20 Å². The minimum absolute atomic E-state index is 0.382. The van der Waals surface area contributed by atoms with Crippen LogP contribution in [0, 0.1) is 19.1 Å². The second kappa shape index (κ2) is 3.19. The first kappa shape index (κ1) is 9.13. The lowest BCUT2D eigenvalue weighted by atomic mass is 10.2. The molecule has 3 nitrogen and oxygen atoms in total. The van der Waals surface area contributed by atoms with E-state index in [0.717, 1.165) is 10.3 Å². The Kier molecular flexibility index (Phi) is 2.43. The van der Waals surface area contributed by atoms with Crippen molar-refractivity contribution in [2.75, 3.05) is 7.11 Å². The highest BCUT2D eigenvalue weighted by atomic mass is 35.5. The maximum Gasteiger partial charge on any atom is 0.212 e. The zero-order valence-electron chi connectivity index (χ0n) is 7.22. The SMILES string of the molecule is COc1c(C)c[n+]([O-])c(C)c1Cl. The van der Waals surface area contributed by atoms with Crippen LogP contribution in [-0.4, -0.2) is 7.11 Å². The number of nitrogens with zero attached hydrogens (tertiary/aromatic N) is 1. The monoisotopic (exact) mass is 187 g/mol. The first-order chi connectivity index (χ1) is 5.57. The second-order valence-corrected chi connectivity index (χ2v) is 2.95. The molecule has 1 heterocycles. The van der Waals surface area contributed by atoms with Crippen molar-refractivity contribution in [1.29, 1.82) is 0 Å². The maximum atomic E-state index is 11.1. The second-order valence-electron chi connectivity index (χ2n) is 2.57. The van der Waals surface area contributed by atoms with E-state index in [1.54, 1.807) is 13.8 Å². The normalized spacial score (nSPS) is 10.0. The van der Waals surface area contributed by atoms with E-state index in [2.05, 4.69) is 0 Å². The van der Waals surface area contributed by atoms with Crippen molar-refractivity contribution < 1.29 is 9.47 Å². The molecule has 0 saturated carbocycles. The van der Waals surface area contributed by atoms with Crippen LogP contribution in [0.3, 0.4) is 0 Å². The standard InChI is InChI=1S/C8H10ClNO2/c1-5-4-10(11)6(2)7(9)8(5)12-3/h4H,1-3H3. The highest BCUT2D eigenvalue weighted by Gasteiger charge is 2.14. The summed E-state index contributed by atoms with van der Waals surface area (Å²) in [6.07, 6.45) is 1.44. The molecule has 0 radical (unpaired) electrons. The zero-order valence-corrected chi connectivity index (χ0v) is 7.97. The van der Waals surface area contributed by atoms with Gasteiger partial charge in [-0.25, -0.2) is 0 Å². The van der Waals surface area contributed by atoms with Crippen molar-refractivity contribution >= 4 is 11.6 Å². The summed E-state index contributed by atoms with van der Waals surface area (Å²) in [5, 5.41) is 11.5. The molecule has 1 aromatic rings. The maximum absolute atomic E-state index is 11.1. The van der Waals surface area contributed by atoms with Crippen molar-refractivity contribution in [2.24, 2.45) is 0 Å². The Hall–Kier alpha value is -0.960. The molecule has 0 aliphatic carbocycles. The molecule has 0 aliphatic rings. The molecule has 0 bridgehead atoms. The summed E-state index contributed by atoms with van der Waals surface area (Å²) >= 11 is 5.86. The summed E-state index contributed by atoms with van der Waals surface area (Å²) in [5.41, 5.74) is 1.20. The molecule has 0 N–H and O–H groups in total. The molecule has 4 heteroatoms. The van der Waals surface area contributed by atoms with Gasteiger partial charge in [-0.05, 0) is 6.92 Å². The average molecular weight is 188 g/mol. The van der Waals surface area contributed by atoms with Crippen LogP contribution in [0.5, 0.6) is 5.75 Å². The highest BCUT2D eigenvalue weighted by Crippen LogP contribution is 2.28. The largest absolute Gasteiger partial charge is 0.618 e. The molecule has 0 aliphatic heterocycles. The summed E-state index contributed by atoms with van der Waals surface area (Å²) in [5.74, 6) is 0.571. The number of hydrogen-bond donors (Lipinski definition) is 0. The minimum Gasteiger partial charge on any atom is -0.618 e. The third-order valence-electron chi connectivity index (χ3n) is 1.72. The van der Waals surface area contributed by atoms with Gasteiger partial charge in [0.1, 0.15) is 0 Å². The number of pyridine rings is 1. The summed E-state index contributed by atoms with van der Waals surface area (Å²) in [6.45, 7) is 3.43.